The minimum Gasteiger partial charge on any atom is -0.369 e. The molecule has 1 aliphatic rings. The van der Waals surface area contributed by atoms with Gasteiger partial charge in [0, 0.05) is 30.6 Å². The topological polar surface area (TPSA) is 110 Å². The Labute approximate surface area is 170 Å². The molecule has 0 spiro atoms. The van der Waals surface area contributed by atoms with E-state index in [2.05, 4.69) is 10.2 Å². The number of rotatable bonds is 6. The summed E-state index contributed by atoms with van der Waals surface area (Å²) in [6, 6.07) is 13.4. The third kappa shape index (κ3) is 5.42. The Balaban J connectivity index is 1.72. The predicted molar refractivity (Wildman–Crippen MR) is 111 cm³/mol. The number of nitrogens with two attached hydrogens (primary N) is 1. The van der Waals surface area contributed by atoms with Crippen molar-refractivity contribution in [2.45, 2.75) is 24.3 Å². The van der Waals surface area contributed by atoms with Gasteiger partial charge in [0.1, 0.15) is 0 Å². The molecule has 1 fully saturated rings. The van der Waals surface area contributed by atoms with E-state index in [4.69, 9.17) is 5.73 Å². The standard InChI is InChI=1S/C21H25N3O4S/c1-29(27,28)18-10-8-15(9-11-18)21(26)23-19-7-3-2-5-16(19)13-24-12-4-6-17(14-24)20(22)25/h2-3,5,7-11,17H,4,6,12-14H2,1H3,(H2,22,25)(H,23,26). The van der Waals surface area contributed by atoms with Crippen LogP contribution in [0.4, 0.5) is 5.69 Å². The van der Waals surface area contributed by atoms with Crippen LogP contribution < -0.4 is 11.1 Å². The molecule has 0 saturated carbocycles. The number of hydrogen-bond donors (Lipinski definition) is 2. The minimum atomic E-state index is -3.31. The van der Waals surface area contributed by atoms with Crippen LogP contribution in [0.25, 0.3) is 0 Å². The summed E-state index contributed by atoms with van der Waals surface area (Å²) < 4.78 is 23.1. The molecule has 1 atom stereocenters. The maximum atomic E-state index is 12.6. The number of primary amides is 1. The fraction of sp³-hybridized carbons (Fsp3) is 0.333. The second kappa shape index (κ2) is 8.75. The maximum absolute atomic E-state index is 12.6. The molecular weight excluding hydrogens is 390 g/mol. The Morgan fingerprint density at radius 3 is 2.48 bits per heavy atom. The monoisotopic (exact) mass is 415 g/mol. The first kappa shape index (κ1) is 21.0. The van der Waals surface area contributed by atoms with E-state index in [0.717, 1.165) is 31.2 Å². The van der Waals surface area contributed by atoms with Crippen molar-refractivity contribution < 1.29 is 18.0 Å². The molecule has 1 heterocycles. The van der Waals surface area contributed by atoms with Gasteiger partial charge < -0.3 is 11.1 Å². The van der Waals surface area contributed by atoms with E-state index >= 15 is 0 Å². The van der Waals surface area contributed by atoms with E-state index in [1.54, 1.807) is 0 Å². The molecule has 0 aromatic heterocycles. The van der Waals surface area contributed by atoms with Gasteiger partial charge in [0.25, 0.3) is 5.91 Å². The average Bonchev–Trinajstić information content (AvgIpc) is 2.69. The zero-order valence-electron chi connectivity index (χ0n) is 16.3. The van der Waals surface area contributed by atoms with Crippen LogP contribution in [0.1, 0.15) is 28.8 Å². The van der Waals surface area contributed by atoms with Gasteiger partial charge in [-0.15, -0.1) is 0 Å². The minimum absolute atomic E-state index is 0.140. The van der Waals surface area contributed by atoms with Gasteiger partial charge >= 0.3 is 0 Å². The number of hydrogen-bond acceptors (Lipinski definition) is 5. The first-order chi connectivity index (χ1) is 13.7. The molecule has 7 nitrogen and oxygen atoms in total. The van der Waals surface area contributed by atoms with Crippen molar-refractivity contribution in [3.63, 3.8) is 0 Å². The Morgan fingerprint density at radius 2 is 1.83 bits per heavy atom. The highest BCUT2D eigenvalue weighted by Gasteiger charge is 2.24. The van der Waals surface area contributed by atoms with Gasteiger partial charge in [-0.3, -0.25) is 14.5 Å². The van der Waals surface area contributed by atoms with Crippen LogP contribution in [0.3, 0.4) is 0 Å². The number of benzene rings is 2. The van der Waals surface area contributed by atoms with Crippen molar-refractivity contribution in [2.75, 3.05) is 24.7 Å². The van der Waals surface area contributed by atoms with Crippen LogP contribution in [-0.4, -0.2) is 44.5 Å². The zero-order chi connectivity index (χ0) is 21.0. The predicted octanol–water partition coefficient (Wildman–Crippen LogP) is 2.04. The summed E-state index contributed by atoms with van der Waals surface area (Å²) in [6.07, 6.45) is 2.85. The van der Waals surface area contributed by atoms with E-state index in [1.807, 2.05) is 24.3 Å². The zero-order valence-corrected chi connectivity index (χ0v) is 17.1. The number of likely N-dealkylation sites (tertiary alicyclic amines) is 1. The maximum Gasteiger partial charge on any atom is 0.255 e. The summed E-state index contributed by atoms with van der Waals surface area (Å²) in [7, 11) is -3.31. The highest BCUT2D eigenvalue weighted by atomic mass is 32.2. The Hall–Kier alpha value is -2.71. The normalized spacial score (nSPS) is 17.6. The summed E-state index contributed by atoms with van der Waals surface area (Å²) >= 11 is 0. The van der Waals surface area contributed by atoms with Crippen LogP contribution in [0.5, 0.6) is 0 Å². The number of anilines is 1. The molecule has 0 aliphatic carbocycles. The summed E-state index contributed by atoms with van der Waals surface area (Å²) in [4.78, 5) is 26.5. The summed E-state index contributed by atoms with van der Waals surface area (Å²) in [5.41, 5.74) is 7.46. The molecule has 29 heavy (non-hydrogen) atoms. The van der Waals surface area contributed by atoms with Gasteiger partial charge in [-0.2, -0.15) is 0 Å². The fourth-order valence-corrected chi connectivity index (χ4v) is 4.13. The fourth-order valence-electron chi connectivity index (χ4n) is 3.50. The van der Waals surface area contributed by atoms with Crippen LogP contribution in [0.15, 0.2) is 53.4 Å². The van der Waals surface area contributed by atoms with Crippen molar-refractivity contribution in [1.29, 1.82) is 0 Å². The van der Waals surface area contributed by atoms with Crippen molar-refractivity contribution in [1.82, 2.24) is 4.90 Å². The van der Waals surface area contributed by atoms with Crippen molar-refractivity contribution >= 4 is 27.3 Å². The largest absolute Gasteiger partial charge is 0.369 e. The molecule has 1 aliphatic heterocycles. The lowest BCUT2D eigenvalue weighted by Gasteiger charge is -2.31. The van der Waals surface area contributed by atoms with Gasteiger partial charge in [0.05, 0.1) is 10.8 Å². The van der Waals surface area contributed by atoms with Gasteiger partial charge in [-0.1, -0.05) is 18.2 Å². The Bertz CT molecular complexity index is 1000. The van der Waals surface area contributed by atoms with Gasteiger partial charge in [-0.05, 0) is 55.3 Å². The molecule has 0 bridgehead atoms. The lowest BCUT2D eigenvalue weighted by molar-refractivity contribution is -0.123. The Morgan fingerprint density at radius 1 is 1.14 bits per heavy atom. The lowest BCUT2D eigenvalue weighted by atomic mass is 9.97. The van der Waals surface area contributed by atoms with Crippen molar-refractivity contribution in [3.8, 4) is 0 Å². The van der Waals surface area contributed by atoms with E-state index in [-0.39, 0.29) is 22.6 Å². The molecule has 2 amide bonds. The molecule has 8 heteroatoms. The smallest absolute Gasteiger partial charge is 0.255 e. The molecule has 2 aromatic carbocycles. The average molecular weight is 416 g/mol. The van der Waals surface area contributed by atoms with Gasteiger partial charge in [-0.25, -0.2) is 8.42 Å². The number of sulfone groups is 1. The first-order valence-corrected chi connectivity index (χ1v) is 11.3. The van der Waals surface area contributed by atoms with E-state index in [9.17, 15) is 18.0 Å². The van der Waals surface area contributed by atoms with Crippen molar-refractivity contribution in [2.24, 2.45) is 11.7 Å². The molecule has 3 N–H and O–H groups in total. The van der Waals surface area contributed by atoms with E-state index in [0.29, 0.717) is 24.3 Å². The molecular formula is C21H25N3O4S. The number of amides is 2. The van der Waals surface area contributed by atoms with E-state index < -0.39 is 9.84 Å². The SMILES string of the molecule is CS(=O)(=O)c1ccc(C(=O)Nc2ccccc2CN2CCCC(C(N)=O)C2)cc1. The van der Waals surface area contributed by atoms with E-state index in [1.165, 1.54) is 24.3 Å². The molecule has 2 aromatic rings. The summed E-state index contributed by atoms with van der Waals surface area (Å²) in [5.74, 6) is -0.723. The molecule has 154 valence electrons. The molecule has 3 rings (SSSR count). The number of carbonyl (C=O) groups excluding carboxylic acids is 2. The third-order valence-electron chi connectivity index (χ3n) is 5.11. The van der Waals surface area contributed by atoms with Crippen LogP contribution >= 0.6 is 0 Å². The summed E-state index contributed by atoms with van der Waals surface area (Å²) in [5, 5.41) is 2.90. The first-order valence-electron chi connectivity index (χ1n) is 9.45. The van der Waals surface area contributed by atoms with Crippen molar-refractivity contribution in [3.05, 3.63) is 59.7 Å². The van der Waals surface area contributed by atoms with Crippen LogP contribution in [0, 0.1) is 5.92 Å². The number of nitrogens with zero attached hydrogens (tertiary/aromatic N) is 1. The second-order valence-electron chi connectivity index (χ2n) is 7.38. The Kier molecular flexibility index (Phi) is 6.34. The number of carbonyl (C=O) groups is 2. The number of piperidine rings is 1. The van der Waals surface area contributed by atoms with Gasteiger partial charge in [0.15, 0.2) is 9.84 Å². The lowest BCUT2D eigenvalue weighted by Crippen LogP contribution is -2.40. The highest BCUT2D eigenvalue weighted by Crippen LogP contribution is 2.23. The number of para-hydroxylation sites is 1. The quantitative estimate of drug-likeness (QED) is 0.750. The second-order valence-corrected chi connectivity index (χ2v) is 9.40. The molecule has 1 unspecified atom stereocenters. The van der Waals surface area contributed by atoms with Crippen LogP contribution in [-0.2, 0) is 21.2 Å². The van der Waals surface area contributed by atoms with Crippen LogP contribution in [0.2, 0.25) is 0 Å². The third-order valence-corrected chi connectivity index (χ3v) is 6.24. The highest BCUT2D eigenvalue weighted by molar-refractivity contribution is 7.90. The molecule has 1 saturated heterocycles. The van der Waals surface area contributed by atoms with Gasteiger partial charge in [0.2, 0.25) is 5.91 Å². The number of nitrogens with one attached hydrogen (secondary N) is 1. The summed E-state index contributed by atoms with van der Waals surface area (Å²) in [6.45, 7) is 2.09. The molecule has 0 radical (unpaired) electrons.